The third-order valence-corrected chi connectivity index (χ3v) is 6.26. The molecule has 1 aromatic carbocycles. The van der Waals surface area contributed by atoms with E-state index in [1.165, 1.54) is 41.8 Å². The molecule has 0 saturated carbocycles. The second-order valence-corrected chi connectivity index (χ2v) is 7.64. The van der Waals surface area contributed by atoms with Crippen molar-refractivity contribution in [1.82, 2.24) is 15.2 Å². The number of hydrogen-bond acceptors (Lipinski definition) is 4. The molecule has 4 heteroatoms. The van der Waals surface area contributed by atoms with Crippen LogP contribution in [0.2, 0.25) is 0 Å². The number of rotatable bonds is 3. The fraction of sp³-hybridized carbons (Fsp3) is 0.588. The first-order chi connectivity index (χ1) is 10.3. The van der Waals surface area contributed by atoms with Crippen LogP contribution in [-0.4, -0.2) is 35.1 Å². The van der Waals surface area contributed by atoms with Gasteiger partial charge in [0.25, 0.3) is 0 Å². The highest BCUT2D eigenvalue weighted by Crippen LogP contribution is 2.32. The van der Waals surface area contributed by atoms with Crippen LogP contribution in [0.4, 0.5) is 0 Å². The molecule has 2 aromatic rings. The van der Waals surface area contributed by atoms with Crippen molar-refractivity contribution in [3.05, 3.63) is 29.3 Å². The molecule has 112 valence electrons. The number of fused-ring (bicyclic) bond motifs is 3. The lowest BCUT2D eigenvalue weighted by Crippen LogP contribution is -2.54. The zero-order valence-corrected chi connectivity index (χ0v) is 13.4. The van der Waals surface area contributed by atoms with Gasteiger partial charge < -0.3 is 10.2 Å². The van der Waals surface area contributed by atoms with Crippen LogP contribution < -0.4 is 5.32 Å². The molecule has 1 aromatic heterocycles. The maximum atomic E-state index is 4.73. The molecule has 2 fully saturated rings. The molecule has 0 spiro atoms. The quantitative estimate of drug-likeness (QED) is 0.942. The van der Waals surface area contributed by atoms with E-state index >= 15 is 0 Å². The lowest BCUT2D eigenvalue weighted by molar-refractivity contribution is 0.0482. The first kappa shape index (κ1) is 13.7. The highest BCUT2D eigenvalue weighted by atomic mass is 32.1. The van der Waals surface area contributed by atoms with Gasteiger partial charge in [-0.1, -0.05) is 18.6 Å². The van der Waals surface area contributed by atoms with Crippen LogP contribution in [0.5, 0.6) is 0 Å². The molecule has 0 amide bonds. The highest BCUT2D eigenvalue weighted by Gasteiger charge is 2.35. The Balaban J connectivity index is 1.40. The van der Waals surface area contributed by atoms with Crippen molar-refractivity contribution in [2.45, 2.75) is 56.8 Å². The predicted molar refractivity (Wildman–Crippen MR) is 88.7 cm³/mol. The summed E-state index contributed by atoms with van der Waals surface area (Å²) in [6.45, 7) is 0.924. The molecule has 1 N–H and O–H groups in total. The number of hydrogen-bond donors (Lipinski definition) is 1. The van der Waals surface area contributed by atoms with Gasteiger partial charge in [-0.25, -0.2) is 4.98 Å². The number of benzene rings is 1. The lowest BCUT2D eigenvalue weighted by atomic mass is 9.82. The number of aromatic nitrogens is 1. The summed E-state index contributed by atoms with van der Waals surface area (Å²) in [6, 6.07) is 10.7. The number of para-hydroxylation sites is 1. The third kappa shape index (κ3) is 2.72. The SMILES string of the molecule is CN1[C@@H]2CCC[C@H]1CC(NCc1nc3ccccc3s1)C2. The molecule has 0 aliphatic carbocycles. The molecule has 3 atom stereocenters. The zero-order valence-electron chi connectivity index (χ0n) is 12.6. The van der Waals surface area contributed by atoms with E-state index in [1.807, 2.05) is 11.3 Å². The van der Waals surface area contributed by atoms with Gasteiger partial charge in [-0.3, -0.25) is 0 Å². The van der Waals surface area contributed by atoms with E-state index in [2.05, 4.69) is 41.5 Å². The van der Waals surface area contributed by atoms with E-state index in [4.69, 9.17) is 4.98 Å². The minimum atomic E-state index is 0.670. The topological polar surface area (TPSA) is 28.2 Å². The van der Waals surface area contributed by atoms with Gasteiger partial charge in [-0.05, 0) is 44.9 Å². The Labute approximate surface area is 130 Å². The summed E-state index contributed by atoms with van der Waals surface area (Å²) in [5, 5.41) is 4.99. The molecule has 21 heavy (non-hydrogen) atoms. The standard InChI is InChI=1S/C17H23N3S/c1-20-13-5-4-6-14(20)10-12(9-13)18-11-17-19-15-7-2-3-8-16(15)21-17/h2-3,7-8,12-14,18H,4-6,9-11H2,1H3/t12?,13-,14+. The van der Waals surface area contributed by atoms with Crippen molar-refractivity contribution >= 4 is 21.6 Å². The van der Waals surface area contributed by atoms with E-state index < -0.39 is 0 Å². The Morgan fingerprint density at radius 3 is 2.76 bits per heavy atom. The minimum absolute atomic E-state index is 0.670. The molecule has 3 nitrogen and oxygen atoms in total. The maximum Gasteiger partial charge on any atom is 0.108 e. The van der Waals surface area contributed by atoms with Gasteiger partial charge in [0.15, 0.2) is 0 Å². The van der Waals surface area contributed by atoms with Gasteiger partial charge in [0.1, 0.15) is 5.01 Å². The smallest absolute Gasteiger partial charge is 0.108 e. The van der Waals surface area contributed by atoms with E-state index in [9.17, 15) is 0 Å². The molecule has 1 unspecified atom stereocenters. The second kappa shape index (κ2) is 5.67. The summed E-state index contributed by atoms with van der Waals surface area (Å²) in [5.74, 6) is 0. The predicted octanol–water partition coefficient (Wildman–Crippen LogP) is 3.40. The fourth-order valence-corrected chi connectivity index (χ4v) is 4.93. The second-order valence-electron chi connectivity index (χ2n) is 6.53. The Kier molecular flexibility index (Phi) is 3.69. The number of piperidine rings is 2. The van der Waals surface area contributed by atoms with Gasteiger partial charge >= 0.3 is 0 Å². The van der Waals surface area contributed by atoms with Crippen LogP contribution in [0.3, 0.4) is 0 Å². The first-order valence-electron chi connectivity index (χ1n) is 8.09. The van der Waals surface area contributed by atoms with Crippen LogP contribution in [-0.2, 0) is 6.54 Å². The van der Waals surface area contributed by atoms with Crippen LogP contribution >= 0.6 is 11.3 Å². The Bertz CT molecular complexity index is 576. The summed E-state index contributed by atoms with van der Waals surface area (Å²) in [7, 11) is 2.32. The van der Waals surface area contributed by atoms with Crippen LogP contribution in [0, 0.1) is 0 Å². The van der Waals surface area contributed by atoms with Crippen LogP contribution in [0.15, 0.2) is 24.3 Å². The maximum absolute atomic E-state index is 4.73. The summed E-state index contributed by atoms with van der Waals surface area (Å²) >= 11 is 1.82. The van der Waals surface area contributed by atoms with Crippen LogP contribution in [0.25, 0.3) is 10.2 Å². The summed E-state index contributed by atoms with van der Waals surface area (Å²) in [6.07, 6.45) is 6.79. The van der Waals surface area contributed by atoms with Gasteiger partial charge in [-0.2, -0.15) is 0 Å². The number of nitrogens with one attached hydrogen (secondary N) is 1. The largest absolute Gasteiger partial charge is 0.308 e. The normalized spacial score (nSPS) is 29.9. The summed E-state index contributed by atoms with van der Waals surface area (Å²) in [4.78, 5) is 7.35. The zero-order chi connectivity index (χ0) is 14.2. The molecule has 2 aliphatic rings. The fourth-order valence-electron chi connectivity index (χ4n) is 4.01. The van der Waals surface area contributed by atoms with Crippen molar-refractivity contribution in [3.8, 4) is 0 Å². The molecule has 0 radical (unpaired) electrons. The first-order valence-corrected chi connectivity index (χ1v) is 8.91. The number of thiazole rings is 1. The molecule has 2 aliphatic heterocycles. The Hall–Kier alpha value is -0.970. The summed E-state index contributed by atoms with van der Waals surface area (Å²) in [5.41, 5.74) is 1.14. The van der Waals surface area contributed by atoms with Crippen molar-refractivity contribution in [3.63, 3.8) is 0 Å². The Morgan fingerprint density at radius 1 is 1.24 bits per heavy atom. The lowest BCUT2D eigenvalue weighted by Gasteiger charge is -2.47. The average molecular weight is 301 g/mol. The van der Waals surface area contributed by atoms with Gasteiger partial charge in [0.05, 0.1) is 10.2 Å². The Morgan fingerprint density at radius 2 is 2.00 bits per heavy atom. The highest BCUT2D eigenvalue weighted by molar-refractivity contribution is 7.18. The van der Waals surface area contributed by atoms with Crippen LogP contribution in [0.1, 0.15) is 37.1 Å². The molecular formula is C17H23N3S. The van der Waals surface area contributed by atoms with E-state index in [0.29, 0.717) is 6.04 Å². The average Bonchev–Trinajstić information content (AvgIpc) is 2.88. The van der Waals surface area contributed by atoms with Crippen molar-refractivity contribution in [2.75, 3.05) is 7.05 Å². The van der Waals surface area contributed by atoms with Gasteiger partial charge in [-0.15, -0.1) is 11.3 Å². The van der Waals surface area contributed by atoms with E-state index in [1.54, 1.807) is 0 Å². The molecule has 2 saturated heterocycles. The minimum Gasteiger partial charge on any atom is -0.308 e. The third-order valence-electron chi connectivity index (χ3n) is 5.22. The van der Waals surface area contributed by atoms with Gasteiger partial charge in [0, 0.05) is 24.7 Å². The molecule has 2 bridgehead atoms. The molecule has 4 rings (SSSR count). The van der Waals surface area contributed by atoms with E-state index in [0.717, 1.165) is 24.1 Å². The van der Waals surface area contributed by atoms with Gasteiger partial charge in [0.2, 0.25) is 0 Å². The van der Waals surface area contributed by atoms with E-state index in [-0.39, 0.29) is 0 Å². The van der Waals surface area contributed by atoms with Crippen molar-refractivity contribution < 1.29 is 0 Å². The summed E-state index contributed by atoms with van der Waals surface area (Å²) < 4.78 is 1.30. The molecular weight excluding hydrogens is 278 g/mol. The van der Waals surface area contributed by atoms with Crippen molar-refractivity contribution in [1.29, 1.82) is 0 Å². The van der Waals surface area contributed by atoms with Crippen molar-refractivity contribution in [2.24, 2.45) is 0 Å². The molecule has 3 heterocycles. The number of nitrogens with zero attached hydrogens (tertiary/aromatic N) is 2. The monoisotopic (exact) mass is 301 g/mol.